The Morgan fingerprint density at radius 1 is 1.07 bits per heavy atom. The summed E-state index contributed by atoms with van der Waals surface area (Å²) in [5.41, 5.74) is 3.59. The van der Waals surface area contributed by atoms with Crippen LogP contribution >= 0.6 is 0 Å². The predicted octanol–water partition coefficient (Wildman–Crippen LogP) is 0.940. The molecule has 1 aromatic rings. The Morgan fingerprint density at radius 3 is 2.57 bits per heavy atom. The van der Waals surface area contributed by atoms with E-state index in [9.17, 15) is 14.4 Å². The van der Waals surface area contributed by atoms with E-state index in [2.05, 4.69) is 29.4 Å². The van der Waals surface area contributed by atoms with E-state index in [-0.39, 0.29) is 31.3 Å². The monoisotopic (exact) mass is 388 g/mol. The Morgan fingerprint density at radius 2 is 1.82 bits per heavy atom. The molecule has 0 bridgehead atoms. The number of rotatable bonds is 7. The Hall–Kier alpha value is -2.61. The summed E-state index contributed by atoms with van der Waals surface area (Å²) in [5.74, 6) is -1.18. The third-order valence-electron chi connectivity index (χ3n) is 5.39. The second-order valence-electron chi connectivity index (χ2n) is 7.42. The van der Waals surface area contributed by atoms with E-state index in [1.807, 2.05) is 6.07 Å². The molecule has 2 aliphatic heterocycles. The van der Waals surface area contributed by atoms with Crippen LogP contribution in [-0.2, 0) is 22.4 Å². The number of fused-ring (bicyclic) bond motifs is 1. The molecule has 0 unspecified atom stereocenters. The Balaban J connectivity index is 1.54. The molecule has 3 amide bonds. The fourth-order valence-corrected chi connectivity index (χ4v) is 3.65. The van der Waals surface area contributed by atoms with E-state index in [1.54, 1.807) is 9.80 Å². The first-order valence-corrected chi connectivity index (χ1v) is 9.79. The standard InChI is InChI=1S/C20H28N4O4/c1-22-9-5-15-2-3-17(14-16(15)6-10-22)24-13-12-23(20(24)28)11-7-18(25)21-8-4-19(26)27/h2-3,14H,4-13H2,1H3,(H,21,25)(H,26,27). The second kappa shape index (κ2) is 9.05. The lowest BCUT2D eigenvalue weighted by atomic mass is 10.0. The van der Waals surface area contributed by atoms with Crippen molar-refractivity contribution >= 4 is 23.6 Å². The first-order valence-electron chi connectivity index (χ1n) is 9.79. The molecule has 1 fully saturated rings. The number of benzene rings is 1. The number of carboxylic acid groups (broad SMARTS) is 1. The molecule has 0 radical (unpaired) electrons. The van der Waals surface area contributed by atoms with Gasteiger partial charge in [0.1, 0.15) is 0 Å². The number of nitrogens with one attached hydrogen (secondary N) is 1. The highest BCUT2D eigenvalue weighted by molar-refractivity contribution is 5.94. The molecule has 3 rings (SSSR count). The van der Waals surface area contributed by atoms with Crippen molar-refractivity contribution in [1.82, 2.24) is 15.1 Å². The predicted molar refractivity (Wildman–Crippen MR) is 106 cm³/mol. The number of carboxylic acids is 1. The van der Waals surface area contributed by atoms with Gasteiger partial charge in [0.25, 0.3) is 0 Å². The highest BCUT2D eigenvalue weighted by atomic mass is 16.4. The van der Waals surface area contributed by atoms with Gasteiger partial charge in [-0.1, -0.05) is 6.07 Å². The maximum absolute atomic E-state index is 12.7. The largest absolute Gasteiger partial charge is 0.481 e. The fourth-order valence-electron chi connectivity index (χ4n) is 3.65. The van der Waals surface area contributed by atoms with Crippen molar-refractivity contribution in [2.24, 2.45) is 0 Å². The van der Waals surface area contributed by atoms with E-state index >= 15 is 0 Å². The maximum atomic E-state index is 12.7. The third kappa shape index (κ3) is 5.01. The van der Waals surface area contributed by atoms with Crippen LogP contribution in [0.15, 0.2) is 18.2 Å². The van der Waals surface area contributed by atoms with E-state index in [0.29, 0.717) is 19.6 Å². The molecule has 8 heteroatoms. The van der Waals surface area contributed by atoms with Crippen LogP contribution in [0, 0.1) is 0 Å². The van der Waals surface area contributed by atoms with Gasteiger partial charge in [-0.15, -0.1) is 0 Å². The van der Waals surface area contributed by atoms with Crippen molar-refractivity contribution in [3.63, 3.8) is 0 Å². The lowest BCUT2D eigenvalue weighted by Crippen LogP contribution is -2.35. The average Bonchev–Trinajstić information content (AvgIpc) is 2.92. The quantitative estimate of drug-likeness (QED) is 0.725. The average molecular weight is 388 g/mol. The van der Waals surface area contributed by atoms with Crippen molar-refractivity contribution in [2.75, 3.05) is 51.2 Å². The van der Waals surface area contributed by atoms with Crippen LogP contribution in [-0.4, -0.2) is 79.1 Å². The number of carbonyl (C=O) groups is 3. The second-order valence-corrected chi connectivity index (χ2v) is 7.42. The number of hydrogen-bond donors (Lipinski definition) is 2. The zero-order valence-electron chi connectivity index (χ0n) is 16.3. The number of amides is 3. The van der Waals surface area contributed by atoms with Crippen LogP contribution in [0.3, 0.4) is 0 Å². The van der Waals surface area contributed by atoms with Gasteiger partial charge < -0.3 is 20.2 Å². The fraction of sp³-hybridized carbons (Fsp3) is 0.550. The summed E-state index contributed by atoms with van der Waals surface area (Å²) in [5, 5.41) is 11.2. The molecule has 0 atom stereocenters. The van der Waals surface area contributed by atoms with Crippen LogP contribution in [0.4, 0.5) is 10.5 Å². The van der Waals surface area contributed by atoms with Gasteiger partial charge in [0.15, 0.2) is 0 Å². The molecule has 1 saturated heterocycles. The molecular weight excluding hydrogens is 360 g/mol. The van der Waals surface area contributed by atoms with Crippen molar-refractivity contribution in [3.05, 3.63) is 29.3 Å². The SMILES string of the molecule is CN1CCc2ccc(N3CCN(CCC(=O)NCCC(=O)O)C3=O)cc2CC1. The number of hydrogen-bond acceptors (Lipinski definition) is 4. The van der Waals surface area contributed by atoms with E-state index in [4.69, 9.17) is 5.11 Å². The molecule has 0 aliphatic carbocycles. The van der Waals surface area contributed by atoms with Crippen molar-refractivity contribution in [2.45, 2.75) is 25.7 Å². The minimum absolute atomic E-state index is 0.0796. The Labute approximate surface area is 165 Å². The summed E-state index contributed by atoms with van der Waals surface area (Å²) < 4.78 is 0. The third-order valence-corrected chi connectivity index (χ3v) is 5.39. The molecule has 152 valence electrons. The lowest BCUT2D eigenvalue weighted by molar-refractivity contribution is -0.136. The molecule has 28 heavy (non-hydrogen) atoms. The minimum atomic E-state index is -0.946. The van der Waals surface area contributed by atoms with Gasteiger partial charge in [0.05, 0.1) is 6.42 Å². The summed E-state index contributed by atoms with van der Waals surface area (Å²) >= 11 is 0. The zero-order chi connectivity index (χ0) is 20.1. The molecule has 1 aromatic carbocycles. The van der Waals surface area contributed by atoms with E-state index < -0.39 is 5.97 Å². The van der Waals surface area contributed by atoms with E-state index in [1.165, 1.54) is 11.1 Å². The molecule has 0 spiro atoms. The molecule has 0 saturated carbocycles. The summed E-state index contributed by atoms with van der Waals surface area (Å²) in [6.45, 7) is 3.71. The maximum Gasteiger partial charge on any atom is 0.324 e. The number of carbonyl (C=O) groups excluding carboxylic acids is 2. The highest BCUT2D eigenvalue weighted by Gasteiger charge is 2.30. The van der Waals surface area contributed by atoms with Gasteiger partial charge in [-0.3, -0.25) is 14.5 Å². The van der Waals surface area contributed by atoms with Crippen molar-refractivity contribution in [3.8, 4) is 0 Å². The number of likely N-dealkylation sites (N-methyl/N-ethyl adjacent to an activating group) is 1. The normalized spacial score (nSPS) is 17.4. The van der Waals surface area contributed by atoms with Crippen LogP contribution in [0.5, 0.6) is 0 Å². The van der Waals surface area contributed by atoms with Crippen LogP contribution in [0.2, 0.25) is 0 Å². The Bertz CT molecular complexity index is 752. The van der Waals surface area contributed by atoms with Gasteiger partial charge in [0, 0.05) is 51.4 Å². The summed E-state index contributed by atoms with van der Waals surface area (Å²) in [6, 6.07) is 6.21. The lowest BCUT2D eigenvalue weighted by Gasteiger charge is -2.20. The molecule has 2 N–H and O–H groups in total. The van der Waals surface area contributed by atoms with E-state index in [0.717, 1.165) is 31.6 Å². The first-order chi connectivity index (χ1) is 13.4. The summed E-state index contributed by atoms with van der Waals surface area (Å²) in [6.07, 6.45) is 2.09. The first kappa shape index (κ1) is 20.1. The van der Waals surface area contributed by atoms with Crippen LogP contribution < -0.4 is 10.2 Å². The summed E-state index contributed by atoms with van der Waals surface area (Å²) in [7, 11) is 2.13. The molecule has 0 aromatic heterocycles. The van der Waals surface area contributed by atoms with Gasteiger partial charge in [-0.2, -0.15) is 0 Å². The van der Waals surface area contributed by atoms with Gasteiger partial charge in [0.2, 0.25) is 5.91 Å². The molecule has 2 heterocycles. The van der Waals surface area contributed by atoms with Crippen LogP contribution in [0.25, 0.3) is 0 Å². The van der Waals surface area contributed by atoms with Crippen molar-refractivity contribution in [1.29, 1.82) is 0 Å². The zero-order valence-corrected chi connectivity index (χ0v) is 16.3. The van der Waals surface area contributed by atoms with Crippen molar-refractivity contribution < 1.29 is 19.5 Å². The van der Waals surface area contributed by atoms with Gasteiger partial charge >= 0.3 is 12.0 Å². The van der Waals surface area contributed by atoms with Crippen LogP contribution in [0.1, 0.15) is 24.0 Å². The highest BCUT2D eigenvalue weighted by Crippen LogP contribution is 2.25. The van der Waals surface area contributed by atoms with Gasteiger partial charge in [-0.05, 0) is 43.1 Å². The number of urea groups is 1. The van der Waals surface area contributed by atoms with Gasteiger partial charge in [-0.25, -0.2) is 4.79 Å². The molecule has 2 aliphatic rings. The number of anilines is 1. The molecular formula is C20H28N4O4. The Kier molecular flexibility index (Phi) is 6.51. The topological polar surface area (TPSA) is 93.2 Å². The number of nitrogens with zero attached hydrogens (tertiary/aromatic N) is 3. The molecule has 8 nitrogen and oxygen atoms in total. The summed E-state index contributed by atoms with van der Waals surface area (Å²) in [4.78, 5) is 40.8. The number of aliphatic carboxylic acids is 1. The minimum Gasteiger partial charge on any atom is -0.481 e. The smallest absolute Gasteiger partial charge is 0.324 e.